The summed E-state index contributed by atoms with van der Waals surface area (Å²) < 4.78 is 4.81. The first-order chi connectivity index (χ1) is 16.0. The van der Waals surface area contributed by atoms with E-state index in [1.165, 1.54) is 24.1 Å². The number of esters is 1. The van der Waals surface area contributed by atoms with Gasteiger partial charge >= 0.3 is 5.97 Å². The molecule has 0 aliphatic rings. The molecule has 0 radical (unpaired) electrons. The quantitative estimate of drug-likeness (QED) is 0.256. The highest BCUT2D eigenvalue weighted by Crippen LogP contribution is 2.30. The number of aromatic nitrogens is 3. The van der Waals surface area contributed by atoms with Crippen LogP contribution in [0.15, 0.2) is 66.7 Å². The Balaban J connectivity index is 1.79. The van der Waals surface area contributed by atoms with Crippen LogP contribution in [0.3, 0.4) is 0 Å². The van der Waals surface area contributed by atoms with Crippen molar-refractivity contribution >= 4 is 28.9 Å². The van der Waals surface area contributed by atoms with Crippen LogP contribution in [0.2, 0.25) is 0 Å². The van der Waals surface area contributed by atoms with Gasteiger partial charge in [0.15, 0.2) is 5.78 Å². The number of ketones is 1. The third kappa shape index (κ3) is 4.51. The smallest absolute Gasteiger partial charge is 0.340 e. The molecule has 0 aliphatic carbocycles. The fraction of sp³-hybridized carbons (Fsp3) is 0.120. The van der Waals surface area contributed by atoms with Crippen LogP contribution in [0.5, 0.6) is 5.75 Å². The van der Waals surface area contributed by atoms with Gasteiger partial charge in [0.2, 0.25) is 0 Å². The Morgan fingerprint density at radius 3 is 2.58 bits per heavy atom. The first kappa shape index (κ1) is 21.9. The Labute approximate surface area is 189 Å². The summed E-state index contributed by atoms with van der Waals surface area (Å²) in [5, 5.41) is 29.2. The lowest BCUT2D eigenvalue weighted by Crippen LogP contribution is -2.04. The Morgan fingerprint density at radius 2 is 1.85 bits per heavy atom. The molecule has 0 bridgehead atoms. The minimum absolute atomic E-state index is 0.0999. The van der Waals surface area contributed by atoms with E-state index in [1.54, 1.807) is 54.6 Å². The first-order valence-electron chi connectivity index (χ1n) is 10.2. The minimum atomic E-state index is -0.547. The Hall–Kier alpha value is -4.30. The SMILES string of the molecule is COC(=O)c1cccc2nn(-c3cc(CCO)cc(C=CC(=O)c4ccccc4)c3O)nc12. The van der Waals surface area contributed by atoms with Crippen molar-refractivity contribution in [1.82, 2.24) is 15.0 Å². The number of allylic oxidation sites excluding steroid dienone is 1. The fourth-order valence-corrected chi connectivity index (χ4v) is 3.44. The molecule has 0 spiro atoms. The van der Waals surface area contributed by atoms with Crippen molar-refractivity contribution in [3.05, 3.63) is 89.0 Å². The molecular weight excluding hydrogens is 422 g/mol. The molecule has 8 heteroatoms. The Bertz CT molecular complexity index is 1360. The number of fused-ring (bicyclic) bond motifs is 1. The van der Waals surface area contributed by atoms with Gasteiger partial charge in [-0.2, -0.15) is 0 Å². The van der Waals surface area contributed by atoms with Crippen molar-refractivity contribution in [1.29, 1.82) is 0 Å². The monoisotopic (exact) mass is 443 g/mol. The summed E-state index contributed by atoms with van der Waals surface area (Å²) in [6.07, 6.45) is 3.21. The highest BCUT2D eigenvalue weighted by Gasteiger charge is 2.18. The largest absolute Gasteiger partial charge is 0.505 e. The molecule has 0 atom stereocenters. The Kier molecular flexibility index (Phi) is 6.28. The number of hydrogen-bond donors (Lipinski definition) is 2. The average molecular weight is 443 g/mol. The Morgan fingerprint density at radius 1 is 1.06 bits per heavy atom. The highest BCUT2D eigenvalue weighted by molar-refractivity contribution is 6.07. The van der Waals surface area contributed by atoms with Gasteiger partial charge in [-0.15, -0.1) is 15.0 Å². The molecule has 1 aromatic heterocycles. The second kappa shape index (κ2) is 9.46. The van der Waals surface area contributed by atoms with Crippen LogP contribution in [-0.2, 0) is 11.2 Å². The van der Waals surface area contributed by atoms with Gasteiger partial charge in [-0.1, -0.05) is 36.4 Å². The molecule has 33 heavy (non-hydrogen) atoms. The van der Waals surface area contributed by atoms with Crippen LogP contribution in [0, 0.1) is 0 Å². The minimum Gasteiger partial charge on any atom is -0.505 e. The lowest BCUT2D eigenvalue weighted by molar-refractivity contribution is 0.0602. The third-order valence-electron chi connectivity index (χ3n) is 5.08. The zero-order valence-electron chi connectivity index (χ0n) is 17.8. The molecule has 0 saturated heterocycles. The fourth-order valence-electron chi connectivity index (χ4n) is 3.44. The van der Waals surface area contributed by atoms with Crippen LogP contribution in [-0.4, -0.2) is 50.7 Å². The lowest BCUT2D eigenvalue weighted by Gasteiger charge is -2.10. The number of aromatic hydroxyl groups is 1. The number of nitrogens with zero attached hydrogens (tertiary/aromatic N) is 3. The molecule has 4 aromatic rings. The molecule has 0 unspecified atom stereocenters. The third-order valence-corrected chi connectivity index (χ3v) is 5.08. The summed E-state index contributed by atoms with van der Waals surface area (Å²) in [5.41, 5.74) is 2.88. The lowest BCUT2D eigenvalue weighted by atomic mass is 10.0. The van der Waals surface area contributed by atoms with E-state index in [-0.39, 0.29) is 29.4 Å². The van der Waals surface area contributed by atoms with E-state index in [2.05, 4.69) is 10.2 Å². The van der Waals surface area contributed by atoms with Crippen molar-refractivity contribution in [3.63, 3.8) is 0 Å². The van der Waals surface area contributed by atoms with Gasteiger partial charge in [0.25, 0.3) is 0 Å². The number of carbonyl (C=O) groups is 2. The predicted octanol–water partition coefficient (Wildman–Crippen LogP) is 3.34. The number of methoxy groups -OCH3 is 1. The molecule has 2 N–H and O–H groups in total. The number of aliphatic hydroxyl groups excluding tert-OH is 1. The molecule has 3 aromatic carbocycles. The van der Waals surface area contributed by atoms with Gasteiger partial charge in [-0.25, -0.2) is 4.79 Å². The molecule has 0 aliphatic heterocycles. The average Bonchev–Trinajstić information content (AvgIpc) is 3.28. The standard InChI is InChI=1S/C25H21N3O5/c1-33-25(32)19-8-5-9-20-23(19)27-28(26-20)21-15-16(12-13-29)14-18(24(21)31)10-11-22(30)17-6-3-2-4-7-17/h2-11,14-15,29,31H,12-13H2,1H3. The number of carbonyl (C=O) groups excluding carboxylic acids is 2. The molecule has 8 nitrogen and oxygen atoms in total. The van der Waals surface area contributed by atoms with Crippen LogP contribution in [0.25, 0.3) is 22.8 Å². The predicted molar refractivity (Wildman–Crippen MR) is 122 cm³/mol. The molecule has 0 fully saturated rings. The van der Waals surface area contributed by atoms with Crippen molar-refractivity contribution in [2.75, 3.05) is 13.7 Å². The number of phenols is 1. The van der Waals surface area contributed by atoms with E-state index < -0.39 is 5.97 Å². The van der Waals surface area contributed by atoms with Crippen LogP contribution < -0.4 is 0 Å². The number of aliphatic hydroxyl groups is 1. The number of phenolic OH excluding ortho intramolecular Hbond substituents is 1. The van der Waals surface area contributed by atoms with Gasteiger partial charge in [0.1, 0.15) is 22.5 Å². The maximum atomic E-state index is 12.5. The maximum absolute atomic E-state index is 12.5. The zero-order chi connectivity index (χ0) is 23.4. The van der Waals surface area contributed by atoms with E-state index in [9.17, 15) is 19.8 Å². The van der Waals surface area contributed by atoms with Crippen LogP contribution in [0.1, 0.15) is 31.8 Å². The summed E-state index contributed by atoms with van der Waals surface area (Å²) in [4.78, 5) is 25.8. The van der Waals surface area contributed by atoms with E-state index in [0.717, 1.165) is 0 Å². The molecule has 166 valence electrons. The van der Waals surface area contributed by atoms with Gasteiger partial charge < -0.3 is 14.9 Å². The number of rotatable bonds is 7. The first-order valence-corrected chi connectivity index (χ1v) is 10.2. The van der Waals surface area contributed by atoms with Crippen LogP contribution >= 0.6 is 0 Å². The van der Waals surface area contributed by atoms with E-state index in [0.29, 0.717) is 34.1 Å². The topological polar surface area (TPSA) is 115 Å². The van der Waals surface area contributed by atoms with Gasteiger partial charge in [-0.05, 0) is 48.4 Å². The van der Waals surface area contributed by atoms with Gasteiger partial charge in [0, 0.05) is 17.7 Å². The van der Waals surface area contributed by atoms with E-state index in [4.69, 9.17) is 4.74 Å². The normalized spacial score (nSPS) is 11.2. The molecule has 4 rings (SSSR count). The van der Waals surface area contributed by atoms with E-state index in [1.807, 2.05) is 6.07 Å². The summed E-state index contributed by atoms with van der Waals surface area (Å²) >= 11 is 0. The van der Waals surface area contributed by atoms with Gasteiger partial charge in [-0.3, -0.25) is 4.79 Å². The summed E-state index contributed by atoms with van der Waals surface area (Å²) in [6, 6.07) is 17.1. The number of hydrogen-bond acceptors (Lipinski definition) is 7. The number of ether oxygens (including phenoxy) is 1. The summed E-state index contributed by atoms with van der Waals surface area (Å²) in [7, 11) is 1.28. The number of benzene rings is 3. The second-order valence-electron chi connectivity index (χ2n) is 7.24. The van der Waals surface area contributed by atoms with Crippen molar-refractivity contribution in [2.24, 2.45) is 0 Å². The highest BCUT2D eigenvalue weighted by atomic mass is 16.5. The van der Waals surface area contributed by atoms with Gasteiger partial charge in [0.05, 0.1) is 12.7 Å². The summed E-state index contributed by atoms with van der Waals surface area (Å²) in [6.45, 7) is -0.0999. The maximum Gasteiger partial charge on any atom is 0.340 e. The van der Waals surface area contributed by atoms with E-state index >= 15 is 0 Å². The molecule has 1 heterocycles. The van der Waals surface area contributed by atoms with Crippen molar-refractivity contribution < 1.29 is 24.5 Å². The molecule has 0 amide bonds. The molecular formula is C25H21N3O5. The second-order valence-corrected chi connectivity index (χ2v) is 7.24. The zero-order valence-corrected chi connectivity index (χ0v) is 17.8. The van der Waals surface area contributed by atoms with Crippen molar-refractivity contribution in [3.8, 4) is 11.4 Å². The molecule has 0 saturated carbocycles. The summed E-state index contributed by atoms with van der Waals surface area (Å²) in [5.74, 6) is -0.905. The van der Waals surface area contributed by atoms with Crippen molar-refractivity contribution in [2.45, 2.75) is 6.42 Å². The van der Waals surface area contributed by atoms with Crippen LogP contribution in [0.4, 0.5) is 0 Å².